The predicted octanol–water partition coefficient (Wildman–Crippen LogP) is 2.85. The Morgan fingerprint density at radius 3 is 1.31 bits per heavy atom. The Hall–Kier alpha value is -1.72. The Morgan fingerprint density at radius 2 is 0.962 bits per heavy atom. The van der Waals surface area contributed by atoms with E-state index in [2.05, 4.69) is 9.80 Å². The van der Waals surface area contributed by atoms with Crippen molar-refractivity contribution in [2.45, 2.75) is 25.0 Å². The van der Waals surface area contributed by atoms with Gasteiger partial charge in [-0.3, -0.25) is 0 Å². The highest BCUT2D eigenvalue weighted by Gasteiger charge is 2.19. The van der Waals surface area contributed by atoms with E-state index in [1.54, 1.807) is 0 Å². The Labute approximate surface area is 156 Å². The van der Waals surface area contributed by atoms with Crippen LogP contribution in [0.3, 0.4) is 0 Å². The van der Waals surface area contributed by atoms with Crippen molar-refractivity contribution in [3.8, 4) is 0 Å². The van der Waals surface area contributed by atoms with E-state index in [-0.39, 0.29) is 12.2 Å². The summed E-state index contributed by atoms with van der Waals surface area (Å²) in [5.41, 5.74) is 2.00. The maximum absolute atomic E-state index is 10.3. The summed E-state index contributed by atoms with van der Waals surface area (Å²) < 4.78 is 0. The zero-order valence-electron chi connectivity index (χ0n) is 15.4. The van der Waals surface area contributed by atoms with Gasteiger partial charge in [0.05, 0.1) is 12.2 Å². The first-order valence-corrected chi connectivity index (χ1v) is 9.63. The topological polar surface area (TPSA) is 46.9 Å². The van der Waals surface area contributed by atoms with E-state index < -0.39 is 0 Å². The standard InChI is InChI=1S/C22H30N2O2/c25-21(19-7-3-1-4-8-19)11-13-23-15-17-24(18-16-23)14-12-22(26)20-9-5-2-6-10-20/h1-10,21-22,25-26H,11-18H2. The molecule has 4 nitrogen and oxygen atoms in total. The number of aliphatic hydroxyl groups excluding tert-OH is 2. The van der Waals surface area contributed by atoms with Crippen LogP contribution in [0, 0.1) is 0 Å². The Morgan fingerprint density at radius 1 is 0.615 bits per heavy atom. The van der Waals surface area contributed by atoms with Gasteiger partial charge in [0.25, 0.3) is 0 Å². The van der Waals surface area contributed by atoms with Crippen molar-refractivity contribution in [3.63, 3.8) is 0 Å². The molecule has 0 spiro atoms. The van der Waals surface area contributed by atoms with Gasteiger partial charge in [-0.25, -0.2) is 0 Å². The van der Waals surface area contributed by atoms with Crippen molar-refractivity contribution in [1.82, 2.24) is 9.80 Å². The van der Waals surface area contributed by atoms with Crippen LogP contribution in [0.5, 0.6) is 0 Å². The minimum absolute atomic E-state index is 0.379. The summed E-state index contributed by atoms with van der Waals surface area (Å²) in [6, 6.07) is 19.8. The van der Waals surface area contributed by atoms with Crippen LogP contribution in [-0.2, 0) is 0 Å². The van der Waals surface area contributed by atoms with E-state index in [0.29, 0.717) is 0 Å². The molecule has 3 rings (SSSR count). The number of nitrogens with zero attached hydrogens (tertiary/aromatic N) is 2. The molecule has 4 heteroatoms. The molecule has 1 saturated heterocycles. The quantitative estimate of drug-likeness (QED) is 0.765. The second-order valence-corrected chi connectivity index (χ2v) is 7.11. The van der Waals surface area contributed by atoms with Gasteiger partial charge in [0.1, 0.15) is 0 Å². The zero-order valence-corrected chi connectivity index (χ0v) is 15.4. The van der Waals surface area contributed by atoms with Crippen LogP contribution in [0.1, 0.15) is 36.2 Å². The molecule has 1 aliphatic rings. The van der Waals surface area contributed by atoms with Crippen molar-refractivity contribution < 1.29 is 10.2 Å². The van der Waals surface area contributed by atoms with E-state index in [9.17, 15) is 10.2 Å². The molecule has 0 amide bonds. The molecule has 26 heavy (non-hydrogen) atoms. The van der Waals surface area contributed by atoms with Crippen molar-refractivity contribution in [3.05, 3.63) is 71.8 Å². The van der Waals surface area contributed by atoms with Gasteiger partial charge in [-0.05, 0) is 24.0 Å². The van der Waals surface area contributed by atoms with Gasteiger partial charge >= 0.3 is 0 Å². The summed E-state index contributed by atoms with van der Waals surface area (Å²) in [6.45, 7) is 5.98. The molecule has 0 radical (unpaired) electrons. The van der Waals surface area contributed by atoms with Crippen LogP contribution in [-0.4, -0.2) is 59.3 Å². The van der Waals surface area contributed by atoms with E-state index in [0.717, 1.165) is 63.2 Å². The Balaban J connectivity index is 1.34. The van der Waals surface area contributed by atoms with Gasteiger partial charge < -0.3 is 20.0 Å². The molecular weight excluding hydrogens is 324 g/mol. The molecule has 0 saturated carbocycles. The fourth-order valence-electron chi connectivity index (χ4n) is 3.53. The number of hydrogen-bond acceptors (Lipinski definition) is 4. The summed E-state index contributed by atoms with van der Waals surface area (Å²) in [4.78, 5) is 4.85. The average molecular weight is 354 g/mol. The molecule has 2 atom stereocenters. The maximum atomic E-state index is 10.3. The highest BCUT2D eigenvalue weighted by atomic mass is 16.3. The second-order valence-electron chi connectivity index (χ2n) is 7.11. The Bertz CT molecular complexity index is 570. The van der Waals surface area contributed by atoms with E-state index in [1.807, 2.05) is 60.7 Å². The van der Waals surface area contributed by atoms with Crippen LogP contribution >= 0.6 is 0 Å². The molecule has 1 fully saturated rings. The largest absolute Gasteiger partial charge is 0.388 e. The molecule has 1 heterocycles. The van der Waals surface area contributed by atoms with Crippen LogP contribution in [0.25, 0.3) is 0 Å². The summed E-state index contributed by atoms with van der Waals surface area (Å²) in [5, 5.41) is 20.6. The molecule has 140 valence electrons. The molecule has 2 unspecified atom stereocenters. The number of benzene rings is 2. The first-order chi connectivity index (χ1) is 12.7. The highest BCUT2D eigenvalue weighted by Crippen LogP contribution is 2.18. The third-order valence-corrected chi connectivity index (χ3v) is 5.27. The minimum atomic E-state index is -0.379. The van der Waals surface area contributed by atoms with Gasteiger partial charge in [0.2, 0.25) is 0 Å². The first-order valence-electron chi connectivity index (χ1n) is 9.63. The van der Waals surface area contributed by atoms with Crippen LogP contribution in [0.2, 0.25) is 0 Å². The van der Waals surface area contributed by atoms with Gasteiger partial charge in [-0.15, -0.1) is 0 Å². The first kappa shape index (κ1) is 19.1. The van der Waals surface area contributed by atoms with E-state index in [1.165, 1.54) is 0 Å². The van der Waals surface area contributed by atoms with Crippen LogP contribution < -0.4 is 0 Å². The predicted molar refractivity (Wildman–Crippen MR) is 105 cm³/mol. The molecule has 1 aliphatic heterocycles. The lowest BCUT2D eigenvalue weighted by atomic mass is 10.1. The van der Waals surface area contributed by atoms with Gasteiger partial charge in [0.15, 0.2) is 0 Å². The summed E-state index contributed by atoms with van der Waals surface area (Å²) in [5.74, 6) is 0. The fourth-order valence-corrected chi connectivity index (χ4v) is 3.53. The molecule has 0 bridgehead atoms. The van der Waals surface area contributed by atoms with Crippen molar-refractivity contribution >= 4 is 0 Å². The van der Waals surface area contributed by atoms with Crippen molar-refractivity contribution in [1.29, 1.82) is 0 Å². The number of rotatable bonds is 8. The summed E-state index contributed by atoms with van der Waals surface area (Å²) in [6.07, 6.45) is 0.790. The molecule has 2 aromatic carbocycles. The van der Waals surface area contributed by atoms with Gasteiger partial charge in [0, 0.05) is 39.3 Å². The number of hydrogen-bond donors (Lipinski definition) is 2. The maximum Gasteiger partial charge on any atom is 0.0802 e. The smallest absolute Gasteiger partial charge is 0.0802 e. The fraction of sp³-hybridized carbons (Fsp3) is 0.455. The third-order valence-electron chi connectivity index (χ3n) is 5.27. The molecule has 0 aliphatic carbocycles. The molecule has 2 N–H and O–H groups in total. The van der Waals surface area contributed by atoms with Crippen LogP contribution in [0.15, 0.2) is 60.7 Å². The lowest BCUT2D eigenvalue weighted by Gasteiger charge is -2.35. The Kier molecular flexibility index (Phi) is 7.21. The SMILES string of the molecule is OC(CCN1CCN(CCC(O)c2ccccc2)CC1)c1ccccc1. The van der Waals surface area contributed by atoms with Crippen LogP contribution in [0.4, 0.5) is 0 Å². The number of aliphatic hydroxyl groups is 2. The second kappa shape index (κ2) is 9.83. The van der Waals surface area contributed by atoms with Gasteiger partial charge in [-0.2, -0.15) is 0 Å². The lowest BCUT2D eigenvalue weighted by Crippen LogP contribution is -2.47. The highest BCUT2D eigenvalue weighted by molar-refractivity contribution is 5.17. The zero-order chi connectivity index (χ0) is 18.2. The monoisotopic (exact) mass is 354 g/mol. The van der Waals surface area contributed by atoms with E-state index in [4.69, 9.17) is 0 Å². The molecule has 2 aromatic rings. The third kappa shape index (κ3) is 5.64. The molecule has 0 aromatic heterocycles. The minimum Gasteiger partial charge on any atom is -0.388 e. The van der Waals surface area contributed by atoms with Crippen molar-refractivity contribution in [2.75, 3.05) is 39.3 Å². The lowest BCUT2D eigenvalue weighted by molar-refractivity contribution is 0.0878. The summed E-state index contributed by atoms with van der Waals surface area (Å²) >= 11 is 0. The van der Waals surface area contributed by atoms with Crippen molar-refractivity contribution in [2.24, 2.45) is 0 Å². The van der Waals surface area contributed by atoms with Gasteiger partial charge in [-0.1, -0.05) is 60.7 Å². The van der Waals surface area contributed by atoms with E-state index >= 15 is 0 Å². The number of piperazine rings is 1. The average Bonchev–Trinajstić information content (AvgIpc) is 2.72. The summed E-state index contributed by atoms with van der Waals surface area (Å²) in [7, 11) is 0. The normalized spacial score (nSPS) is 18.5. The molecular formula is C22H30N2O2.